The van der Waals surface area contributed by atoms with Crippen molar-refractivity contribution in [3.63, 3.8) is 0 Å². The van der Waals surface area contributed by atoms with Crippen LogP contribution < -0.4 is 54.6 Å². The standard InChI is InChI=1S/C39H33B10N3OS/c40-26-24(27(41)31(45)34(48)30(26)44)38-50-37(51-39(52-38)25-28(42)32(46)35(49)33(47)29(25)43)18-10-5-12-20-23(18)22-15(7-4-11-19(22)53-20)17-9-3-8-16-14-6-1-2-13-21(14)54-36(16)17/h1-13H,40-49H2. The number of hydrogen-bond donors (Lipinski definition) is 0. The van der Waals surface area contributed by atoms with E-state index in [2.05, 4.69) is 157 Å². The number of hydrogen-bond acceptors (Lipinski definition) is 5. The highest BCUT2D eigenvalue weighted by Gasteiger charge is 2.24. The molecule has 0 saturated heterocycles. The largest absolute Gasteiger partial charge is 0.456 e. The molecule has 0 aliphatic heterocycles. The maximum absolute atomic E-state index is 6.68. The van der Waals surface area contributed by atoms with Crippen LogP contribution in [-0.4, -0.2) is 93.4 Å². The summed E-state index contributed by atoms with van der Waals surface area (Å²) in [6.45, 7) is 0. The maximum atomic E-state index is 6.68. The van der Waals surface area contributed by atoms with Gasteiger partial charge in [-0.25, -0.2) is 15.0 Å². The van der Waals surface area contributed by atoms with Crippen molar-refractivity contribution in [2.75, 3.05) is 0 Å². The quantitative estimate of drug-likeness (QED) is 0.172. The van der Waals surface area contributed by atoms with Crippen molar-refractivity contribution >= 4 is 187 Å². The van der Waals surface area contributed by atoms with E-state index in [1.165, 1.54) is 80.4 Å². The summed E-state index contributed by atoms with van der Waals surface area (Å²) < 4.78 is 9.24. The number of benzene rings is 6. The van der Waals surface area contributed by atoms with Gasteiger partial charge in [0.05, 0.1) is 0 Å². The molecular weight excluding hydrogens is 667 g/mol. The number of aromatic nitrogens is 3. The van der Waals surface area contributed by atoms with Crippen molar-refractivity contribution in [3.8, 4) is 45.3 Å². The van der Waals surface area contributed by atoms with E-state index >= 15 is 0 Å². The number of nitrogens with zero attached hydrogens (tertiary/aromatic N) is 3. The minimum absolute atomic E-state index is 0.641. The normalized spacial score (nSPS) is 11.7. The molecule has 15 heteroatoms. The van der Waals surface area contributed by atoms with Crippen molar-refractivity contribution in [1.29, 1.82) is 0 Å². The van der Waals surface area contributed by atoms with Crippen molar-refractivity contribution in [1.82, 2.24) is 15.0 Å². The van der Waals surface area contributed by atoms with Crippen molar-refractivity contribution < 1.29 is 4.42 Å². The minimum atomic E-state index is 0.641. The number of rotatable bonds is 4. The van der Waals surface area contributed by atoms with E-state index in [1.807, 2.05) is 11.3 Å². The molecule has 0 aliphatic carbocycles. The zero-order valence-electron chi connectivity index (χ0n) is 32.7. The fraction of sp³-hybridized carbons (Fsp3) is 0. The summed E-state index contributed by atoms with van der Waals surface area (Å²) in [4.78, 5) is 16.2. The predicted molar refractivity (Wildman–Crippen MR) is 264 cm³/mol. The molecule has 3 heterocycles. The first kappa shape index (κ1) is 34.7. The fourth-order valence-electron chi connectivity index (χ4n) is 8.63. The molecule has 0 fully saturated rings. The Balaban J connectivity index is 1.39. The monoisotopic (exact) mass is 701 g/mol. The second-order valence-electron chi connectivity index (χ2n) is 15.0. The molecule has 54 heavy (non-hydrogen) atoms. The number of fused-ring (bicyclic) bond motifs is 6. The Hall–Kier alpha value is -5.00. The smallest absolute Gasteiger partial charge is 0.164 e. The third-order valence-corrected chi connectivity index (χ3v) is 13.8. The Kier molecular flexibility index (Phi) is 8.24. The summed E-state index contributed by atoms with van der Waals surface area (Å²) in [5.74, 6) is 2.04. The van der Waals surface area contributed by atoms with Gasteiger partial charge in [-0.1, -0.05) is 82.5 Å². The van der Waals surface area contributed by atoms with E-state index in [0.29, 0.717) is 17.5 Å². The average Bonchev–Trinajstić information content (AvgIpc) is 3.77. The van der Waals surface area contributed by atoms with Crippen LogP contribution in [-0.2, 0) is 0 Å². The summed E-state index contributed by atoms with van der Waals surface area (Å²) >= 11 is 1.85. The van der Waals surface area contributed by atoms with Crippen LogP contribution in [0.1, 0.15) is 0 Å². The Bertz CT molecular complexity index is 2940. The first-order chi connectivity index (χ1) is 26.0. The molecule has 0 unspecified atom stereocenters. The molecule has 246 valence electrons. The summed E-state index contributed by atoms with van der Waals surface area (Å²) in [6.07, 6.45) is 0. The zero-order valence-corrected chi connectivity index (χ0v) is 33.5. The molecule has 0 atom stereocenters. The number of thiophene rings is 1. The molecule has 0 bridgehead atoms. The molecule has 0 spiro atoms. The second kappa shape index (κ2) is 12.8. The van der Waals surface area contributed by atoms with E-state index in [-0.39, 0.29) is 0 Å². The van der Waals surface area contributed by atoms with E-state index in [9.17, 15) is 0 Å². The third kappa shape index (κ3) is 5.07. The molecule has 0 aliphatic rings. The van der Waals surface area contributed by atoms with Gasteiger partial charge in [0.1, 0.15) is 89.6 Å². The van der Waals surface area contributed by atoms with Crippen LogP contribution in [0.2, 0.25) is 0 Å². The van der Waals surface area contributed by atoms with E-state index in [1.54, 1.807) is 0 Å². The number of furan rings is 1. The van der Waals surface area contributed by atoms with Gasteiger partial charge in [-0.2, -0.15) is 0 Å². The molecule has 9 rings (SSSR count). The highest BCUT2D eigenvalue weighted by molar-refractivity contribution is 7.26. The van der Waals surface area contributed by atoms with Crippen LogP contribution in [0.3, 0.4) is 0 Å². The van der Waals surface area contributed by atoms with Gasteiger partial charge in [0, 0.05) is 53.2 Å². The van der Waals surface area contributed by atoms with Gasteiger partial charge in [-0.05, 0) is 23.8 Å². The Morgan fingerprint density at radius 3 is 1.39 bits per heavy atom. The Morgan fingerprint density at radius 1 is 0.389 bits per heavy atom. The van der Waals surface area contributed by atoms with Crippen molar-refractivity contribution in [2.45, 2.75) is 0 Å². The van der Waals surface area contributed by atoms with Crippen LogP contribution in [0, 0.1) is 0 Å². The van der Waals surface area contributed by atoms with Crippen molar-refractivity contribution in [3.05, 3.63) is 78.9 Å². The molecule has 0 amide bonds. The topological polar surface area (TPSA) is 51.8 Å². The van der Waals surface area contributed by atoms with Crippen LogP contribution in [0.4, 0.5) is 0 Å². The van der Waals surface area contributed by atoms with Gasteiger partial charge in [-0.3, -0.25) is 0 Å². The van der Waals surface area contributed by atoms with Crippen LogP contribution in [0.15, 0.2) is 83.3 Å². The van der Waals surface area contributed by atoms with Crippen LogP contribution in [0.5, 0.6) is 0 Å². The molecule has 0 N–H and O–H groups in total. The highest BCUT2D eigenvalue weighted by atomic mass is 32.1. The summed E-state index contributed by atoms with van der Waals surface area (Å²) in [5, 5.41) is 4.64. The van der Waals surface area contributed by atoms with E-state index in [4.69, 9.17) is 19.4 Å². The Morgan fingerprint density at radius 2 is 0.815 bits per heavy atom. The summed E-state index contributed by atoms with van der Waals surface area (Å²) in [7, 11) is 22.1. The van der Waals surface area contributed by atoms with Gasteiger partial charge in [0.25, 0.3) is 0 Å². The molecule has 4 nitrogen and oxygen atoms in total. The van der Waals surface area contributed by atoms with Gasteiger partial charge in [-0.15, -0.1) is 44.1 Å². The fourth-order valence-corrected chi connectivity index (χ4v) is 9.86. The van der Waals surface area contributed by atoms with E-state index in [0.717, 1.165) is 44.2 Å². The minimum Gasteiger partial charge on any atom is -0.456 e. The Labute approximate surface area is 328 Å². The third-order valence-electron chi connectivity index (χ3n) is 12.5. The molecule has 6 aromatic carbocycles. The molecule has 9 aromatic rings. The van der Waals surface area contributed by atoms with Gasteiger partial charge in [0.2, 0.25) is 0 Å². The molecule has 3 aromatic heterocycles. The SMILES string of the molecule is Bc1c(B)c(B)c(-c2nc(-c3c(B)c(B)c(B)c(B)c3B)nc(-c3cccc4oc5cccc(-c6cccc7c6sc6ccccc67)c5c34)n2)c(B)c1B. The lowest BCUT2D eigenvalue weighted by Crippen LogP contribution is -2.55. The second-order valence-corrected chi connectivity index (χ2v) is 16.1. The first-order valence-electron chi connectivity index (χ1n) is 18.7. The lowest BCUT2D eigenvalue weighted by molar-refractivity contribution is 0.669. The molecule has 0 radical (unpaired) electrons. The van der Waals surface area contributed by atoms with Crippen LogP contribution in [0.25, 0.3) is 87.4 Å². The van der Waals surface area contributed by atoms with Crippen LogP contribution >= 0.6 is 11.3 Å². The maximum Gasteiger partial charge on any atom is 0.164 e. The van der Waals surface area contributed by atoms with Crippen molar-refractivity contribution in [2.24, 2.45) is 0 Å². The predicted octanol–water partition coefficient (Wildman–Crippen LogP) is -6.61. The van der Waals surface area contributed by atoms with Gasteiger partial charge in [0.15, 0.2) is 17.5 Å². The van der Waals surface area contributed by atoms with Gasteiger partial charge >= 0.3 is 0 Å². The lowest BCUT2D eigenvalue weighted by atomic mass is 9.60. The zero-order chi connectivity index (χ0) is 37.7. The molecule has 0 saturated carbocycles. The first-order valence-corrected chi connectivity index (χ1v) is 19.5. The van der Waals surface area contributed by atoms with E-state index < -0.39 is 0 Å². The highest BCUT2D eigenvalue weighted by Crippen LogP contribution is 2.45. The average molecular weight is 700 g/mol. The summed E-state index contributed by atoms with van der Waals surface area (Å²) in [6, 6.07) is 28.0. The summed E-state index contributed by atoms with van der Waals surface area (Å²) in [5.41, 5.74) is 19.6. The molecular formula is C39H33B10N3OS. The van der Waals surface area contributed by atoms with Gasteiger partial charge < -0.3 is 4.42 Å². The lowest BCUT2D eigenvalue weighted by Gasteiger charge is -2.22.